The van der Waals surface area contributed by atoms with Crippen LogP contribution in [0.4, 0.5) is 5.69 Å². The SMILES string of the molecule is COc1ccc(NC(=O)c2oc3ccccc3c2CS(C)(=O)=O)c2cccnc12. The summed E-state index contributed by atoms with van der Waals surface area (Å²) in [5.41, 5.74) is 1.92. The first-order valence-electron chi connectivity index (χ1n) is 8.78. The second-order valence-electron chi connectivity index (χ2n) is 6.65. The first-order chi connectivity index (χ1) is 13.9. The lowest BCUT2D eigenvalue weighted by molar-refractivity contribution is 0.0998. The number of rotatable bonds is 5. The Kier molecular flexibility index (Phi) is 4.71. The van der Waals surface area contributed by atoms with Gasteiger partial charge in [0.1, 0.15) is 16.8 Å². The average Bonchev–Trinajstić information content (AvgIpc) is 3.05. The Bertz CT molecular complexity index is 1340. The first-order valence-corrected chi connectivity index (χ1v) is 10.8. The van der Waals surface area contributed by atoms with Gasteiger partial charge in [0.05, 0.1) is 18.6 Å². The number of methoxy groups -OCH3 is 1. The van der Waals surface area contributed by atoms with Crippen molar-refractivity contribution in [1.82, 2.24) is 4.98 Å². The van der Waals surface area contributed by atoms with Crippen molar-refractivity contribution in [2.75, 3.05) is 18.7 Å². The molecular formula is C21H18N2O5S. The molecule has 0 bridgehead atoms. The fraction of sp³-hybridized carbons (Fsp3) is 0.143. The third-order valence-electron chi connectivity index (χ3n) is 4.51. The van der Waals surface area contributed by atoms with Crippen molar-refractivity contribution in [2.24, 2.45) is 0 Å². The van der Waals surface area contributed by atoms with Crippen LogP contribution in [0.3, 0.4) is 0 Å². The van der Waals surface area contributed by atoms with Crippen LogP contribution < -0.4 is 10.1 Å². The van der Waals surface area contributed by atoms with Gasteiger partial charge in [0.15, 0.2) is 15.6 Å². The van der Waals surface area contributed by atoms with Gasteiger partial charge in [-0.3, -0.25) is 9.78 Å². The maximum absolute atomic E-state index is 13.0. The van der Waals surface area contributed by atoms with Crippen molar-refractivity contribution in [1.29, 1.82) is 0 Å². The van der Waals surface area contributed by atoms with Crippen LogP contribution in [0.2, 0.25) is 0 Å². The number of fused-ring (bicyclic) bond motifs is 2. The lowest BCUT2D eigenvalue weighted by Crippen LogP contribution is -2.14. The Morgan fingerprint density at radius 2 is 1.86 bits per heavy atom. The Morgan fingerprint density at radius 3 is 2.62 bits per heavy atom. The molecule has 29 heavy (non-hydrogen) atoms. The number of nitrogens with zero attached hydrogens (tertiary/aromatic N) is 1. The molecule has 2 aromatic carbocycles. The van der Waals surface area contributed by atoms with E-state index in [1.54, 1.807) is 55.8 Å². The highest BCUT2D eigenvalue weighted by Gasteiger charge is 2.24. The van der Waals surface area contributed by atoms with Gasteiger partial charge in [0, 0.05) is 28.8 Å². The number of hydrogen-bond acceptors (Lipinski definition) is 6. The number of para-hydroxylation sites is 1. The van der Waals surface area contributed by atoms with Gasteiger partial charge in [-0.15, -0.1) is 0 Å². The summed E-state index contributed by atoms with van der Waals surface area (Å²) in [6.07, 6.45) is 2.76. The predicted octanol–water partition coefficient (Wildman–Crippen LogP) is 3.79. The number of anilines is 1. The zero-order valence-corrected chi connectivity index (χ0v) is 16.6. The van der Waals surface area contributed by atoms with Crippen molar-refractivity contribution >= 4 is 43.3 Å². The number of sulfone groups is 1. The van der Waals surface area contributed by atoms with E-state index in [1.807, 2.05) is 6.07 Å². The molecule has 0 fully saturated rings. The third kappa shape index (κ3) is 3.66. The molecular weight excluding hydrogens is 392 g/mol. The lowest BCUT2D eigenvalue weighted by Gasteiger charge is -2.10. The highest BCUT2D eigenvalue weighted by atomic mass is 32.2. The number of aromatic nitrogens is 1. The van der Waals surface area contributed by atoms with Gasteiger partial charge in [-0.25, -0.2) is 8.42 Å². The maximum Gasteiger partial charge on any atom is 0.291 e. The maximum atomic E-state index is 13.0. The summed E-state index contributed by atoms with van der Waals surface area (Å²) in [6.45, 7) is 0. The molecule has 0 unspecified atom stereocenters. The zero-order chi connectivity index (χ0) is 20.6. The second kappa shape index (κ2) is 7.21. The summed E-state index contributed by atoms with van der Waals surface area (Å²) in [5, 5.41) is 4.11. The van der Waals surface area contributed by atoms with Crippen molar-refractivity contribution in [3.8, 4) is 5.75 Å². The van der Waals surface area contributed by atoms with Crippen LogP contribution in [0.25, 0.3) is 21.9 Å². The second-order valence-corrected chi connectivity index (χ2v) is 8.79. The molecule has 148 valence electrons. The number of amides is 1. The number of pyridine rings is 1. The highest BCUT2D eigenvalue weighted by molar-refractivity contribution is 7.89. The van der Waals surface area contributed by atoms with Crippen LogP contribution in [0.5, 0.6) is 5.75 Å². The van der Waals surface area contributed by atoms with Gasteiger partial charge in [0.2, 0.25) is 0 Å². The van der Waals surface area contributed by atoms with E-state index >= 15 is 0 Å². The molecule has 0 saturated heterocycles. The summed E-state index contributed by atoms with van der Waals surface area (Å²) in [7, 11) is -1.83. The summed E-state index contributed by atoms with van der Waals surface area (Å²) in [4.78, 5) is 17.4. The van der Waals surface area contributed by atoms with E-state index < -0.39 is 15.7 Å². The molecule has 2 aromatic heterocycles. The minimum Gasteiger partial charge on any atom is -0.494 e. The number of furan rings is 1. The molecule has 0 spiro atoms. The smallest absolute Gasteiger partial charge is 0.291 e. The van der Waals surface area contributed by atoms with Crippen molar-refractivity contribution < 1.29 is 22.4 Å². The molecule has 2 heterocycles. The molecule has 4 rings (SSSR count). The first kappa shape index (κ1) is 18.9. The van der Waals surface area contributed by atoms with Crippen LogP contribution >= 0.6 is 0 Å². The van der Waals surface area contributed by atoms with Crippen LogP contribution in [0.15, 0.2) is 59.1 Å². The van der Waals surface area contributed by atoms with E-state index in [9.17, 15) is 13.2 Å². The monoisotopic (exact) mass is 410 g/mol. The molecule has 0 saturated carbocycles. The van der Waals surface area contributed by atoms with Gasteiger partial charge in [0.25, 0.3) is 5.91 Å². The molecule has 1 amide bonds. The molecule has 0 aliphatic rings. The molecule has 0 radical (unpaired) electrons. The number of nitrogens with one attached hydrogen (secondary N) is 1. The standard InChI is InChI=1S/C21H18N2O5S/c1-27-18-10-9-16(14-7-5-11-22-19(14)18)23-21(24)20-15(12-29(2,25)26)13-6-3-4-8-17(13)28-20/h3-11H,12H2,1-2H3,(H,23,24). The Hall–Kier alpha value is -3.39. The molecule has 7 nitrogen and oxygen atoms in total. The number of benzene rings is 2. The van der Waals surface area contributed by atoms with Gasteiger partial charge in [-0.2, -0.15) is 0 Å². The number of carbonyl (C=O) groups is 1. The summed E-state index contributed by atoms with van der Waals surface area (Å²) in [5.74, 6) is -0.266. The summed E-state index contributed by atoms with van der Waals surface area (Å²) >= 11 is 0. The largest absolute Gasteiger partial charge is 0.494 e. The molecule has 1 N–H and O–H groups in total. The van der Waals surface area contributed by atoms with Crippen LogP contribution in [-0.2, 0) is 15.6 Å². The van der Waals surface area contributed by atoms with Gasteiger partial charge >= 0.3 is 0 Å². The quantitative estimate of drug-likeness (QED) is 0.538. The fourth-order valence-corrected chi connectivity index (χ4v) is 4.10. The van der Waals surface area contributed by atoms with Crippen molar-refractivity contribution in [2.45, 2.75) is 5.75 Å². The number of ether oxygens (including phenoxy) is 1. The van der Waals surface area contributed by atoms with E-state index in [2.05, 4.69) is 10.3 Å². The van der Waals surface area contributed by atoms with E-state index in [1.165, 1.54) is 0 Å². The average molecular weight is 410 g/mol. The zero-order valence-electron chi connectivity index (χ0n) is 15.8. The molecule has 8 heteroatoms. The summed E-state index contributed by atoms with van der Waals surface area (Å²) in [6, 6.07) is 14.0. The van der Waals surface area contributed by atoms with Gasteiger partial charge in [-0.05, 0) is 30.3 Å². The topological polar surface area (TPSA) is 98.5 Å². The normalized spacial score (nSPS) is 11.7. The van der Waals surface area contributed by atoms with E-state index in [0.29, 0.717) is 38.9 Å². The molecule has 4 aromatic rings. The van der Waals surface area contributed by atoms with Crippen LogP contribution in [0.1, 0.15) is 16.1 Å². The van der Waals surface area contributed by atoms with E-state index in [0.717, 1.165) is 6.26 Å². The van der Waals surface area contributed by atoms with Crippen LogP contribution in [0, 0.1) is 0 Å². The molecule has 0 aliphatic carbocycles. The van der Waals surface area contributed by atoms with Crippen LogP contribution in [-0.4, -0.2) is 32.7 Å². The number of carbonyl (C=O) groups excluding carboxylic acids is 1. The van der Waals surface area contributed by atoms with Gasteiger partial charge < -0.3 is 14.5 Å². The predicted molar refractivity (Wildman–Crippen MR) is 111 cm³/mol. The minimum atomic E-state index is -3.38. The highest BCUT2D eigenvalue weighted by Crippen LogP contribution is 2.32. The van der Waals surface area contributed by atoms with E-state index in [4.69, 9.17) is 9.15 Å². The van der Waals surface area contributed by atoms with Crippen molar-refractivity contribution in [3.05, 3.63) is 66.1 Å². The fourth-order valence-electron chi connectivity index (χ4n) is 3.29. The molecule has 0 atom stereocenters. The Balaban J connectivity index is 1.79. The third-order valence-corrected chi connectivity index (χ3v) is 5.32. The Morgan fingerprint density at radius 1 is 1.10 bits per heavy atom. The Labute approximate surface area is 167 Å². The number of hydrogen-bond donors (Lipinski definition) is 1. The van der Waals surface area contributed by atoms with Gasteiger partial charge in [-0.1, -0.05) is 18.2 Å². The minimum absolute atomic E-state index is 0.0236. The summed E-state index contributed by atoms with van der Waals surface area (Å²) < 4.78 is 34.9. The molecule has 0 aliphatic heterocycles. The van der Waals surface area contributed by atoms with E-state index in [-0.39, 0.29) is 11.5 Å². The lowest BCUT2D eigenvalue weighted by atomic mass is 10.1. The van der Waals surface area contributed by atoms with Crippen molar-refractivity contribution in [3.63, 3.8) is 0 Å².